The van der Waals surface area contributed by atoms with Gasteiger partial charge in [-0.15, -0.1) is 0 Å². The van der Waals surface area contributed by atoms with E-state index >= 15 is 0 Å². The first-order chi connectivity index (χ1) is 7.61. The van der Waals surface area contributed by atoms with Gasteiger partial charge in [0.05, 0.1) is 6.54 Å². The van der Waals surface area contributed by atoms with E-state index in [-0.39, 0.29) is 5.96 Å². The Morgan fingerprint density at radius 2 is 1.69 bits per heavy atom. The van der Waals surface area contributed by atoms with Crippen molar-refractivity contribution in [3.63, 3.8) is 0 Å². The van der Waals surface area contributed by atoms with Crippen LogP contribution in [0.2, 0.25) is 0 Å². The molecule has 0 saturated carbocycles. The van der Waals surface area contributed by atoms with Crippen LogP contribution in [-0.2, 0) is 0 Å². The number of hydrogen-bond acceptors (Lipinski definition) is 2. The van der Waals surface area contributed by atoms with Crippen molar-refractivity contribution in [3.8, 4) is 0 Å². The molecule has 0 radical (unpaired) electrons. The third-order valence-corrected chi connectivity index (χ3v) is 3.34. The highest BCUT2D eigenvalue weighted by Crippen LogP contribution is 2.17. The van der Waals surface area contributed by atoms with E-state index < -0.39 is 0 Å². The minimum atomic E-state index is 0.209. The lowest BCUT2D eigenvalue weighted by Crippen LogP contribution is -2.42. The lowest BCUT2D eigenvalue weighted by Gasteiger charge is -2.32. The average Bonchev–Trinajstić information content (AvgIpc) is 2.45. The van der Waals surface area contributed by atoms with Crippen molar-refractivity contribution in [3.05, 3.63) is 0 Å². The lowest BCUT2D eigenvalue weighted by molar-refractivity contribution is 0.166. The van der Waals surface area contributed by atoms with Gasteiger partial charge in [-0.05, 0) is 31.8 Å². The van der Waals surface area contributed by atoms with Crippen LogP contribution >= 0.6 is 0 Å². The van der Waals surface area contributed by atoms with Crippen LogP contribution in [-0.4, -0.2) is 36.5 Å². The molecule has 1 aliphatic heterocycles. The normalized spacial score (nSPS) is 20.4. The molecule has 0 aliphatic carbocycles. The number of hydrogen-bond donors (Lipinski definition) is 2. The van der Waals surface area contributed by atoms with Gasteiger partial charge in [-0.1, -0.05) is 26.7 Å². The van der Waals surface area contributed by atoms with Crippen molar-refractivity contribution in [1.29, 1.82) is 0 Å². The topological polar surface area (TPSA) is 67.6 Å². The fourth-order valence-electron chi connectivity index (χ4n) is 2.37. The molecule has 1 atom stereocenters. The standard InChI is InChI=1S/C12H26N4/c1-10(2)11(9-15-12(13)14)16-7-5-3-4-6-8-16/h10-11H,3-9H2,1-2H3,(H4,13,14,15). The Morgan fingerprint density at radius 1 is 1.12 bits per heavy atom. The maximum absolute atomic E-state index is 5.41. The van der Waals surface area contributed by atoms with Crippen molar-refractivity contribution in [2.24, 2.45) is 22.4 Å². The quantitative estimate of drug-likeness (QED) is 0.558. The van der Waals surface area contributed by atoms with Crippen LogP contribution in [0.3, 0.4) is 0 Å². The molecule has 1 fully saturated rings. The molecule has 4 heteroatoms. The van der Waals surface area contributed by atoms with Crippen LogP contribution in [0.4, 0.5) is 0 Å². The minimum absolute atomic E-state index is 0.209. The molecule has 4 N–H and O–H groups in total. The molecule has 4 nitrogen and oxygen atoms in total. The van der Waals surface area contributed by atoms with E-state index in [4.69, 9.17) is 11.5 Å². The number of rotatable bonds is 4. The number of guanidine groups is 1. The molecule has 94 valence electrons. The molecule has 1 saturated heterocycles. The van der Waals surface area contributed by atoms with E-state index in [2.05, 4.69) is 23.7 Å². The Bertz CT molecular complexity index is 213. The molecule has 0 amide bonds. The van der Waals surface area contributed by atoms with Crippen LogP contribution in [0.25, 0.3) is 0 Å². The number of nitrogens with two attached hydrogens (primary N) is 2. The minimum Gasteiger partial charge on any atom is -0.370 e. The summed E-state index contributed by atoms with van der Waals surface area (Å²) >= 11 is 0. The van der Waals surface area contributed by atoms with Gasteiger partial charge in [0.15, 0.2) is 5.96 Å². The molecular weight excluding hydrogens is 200 g/mol. The molecule has 16 heavy (non-hydrogen) atoms. The van der Waals surface area contributed by atoms with Gasteiger partial charge in [0, 0.05) is 6.04 Å². The summed E-state index contributed by atoms with van der Waals surface area (Å²) in [5.74, 6) is 0.807. The van der Waals surface area contributed by atoms with E-state index in [1.165, 1.54) is 38.8 Å². The van der Waals surface area contributed by atoms with E-state index in [0.29, 0.717) is 12.0 Å². The molecular formula is C12H26N4. The highest BCUT2D eigenvalue weighted by Gasteiger charge is 2.22. The zero-order valence-corrected chi connectivity index (χ0v) is 10.7. The summed E-state index contributed by atoms with van der Waals surface area (Å²) in [6, 6.07) is 0.486. The summed E-state index contributed by atoms with van der Waals surface area (Å²) in [5.41, 5.74) is 10.8. The van der Waals surface area contributed by atoms with Crippen LogP contribution < -0.4 is 11.5 Å². The second-order valence-corrected chi connectivity index (χ2v) is 5.03. The molecule has 1 rings (SSSR count). The Morgan fingerprint density at radius 3 is 2.12 bits per heavy atom. The fraction of sp³-hybridized carbons (Fsp3) is 0.917. The first kappa shape index (κ1) is 13.3. The van der Waals surface area contributed by atoms with E-state index in [0.717, 1.165) is 6.54 Å². The third-order valence-electron chi connectivity index (χ3n) is 3.34. The Hall–Kier alpha value is -0.770. The predicted octanol–water partition coefficient (Wildman–Crippen LogP) is 1.16. The molecule has 0 aromatic rings. The van der Waals surface area contributed by atoms with Crippen molar-refractivity contribution < 1.29 is 0 Å². The summed E-state index contributed by atoms with van der Waals surface area (Å²) < 4.78 is 0. The van der Waals surface area contributed by atoms with Crippen LogP contribution in [0.5, 0.6) is 0 Å². The van der Waals surface area contributed by atoms with Gasteiger partial charge in [0.2, 0.25) is 0 Å². The zero-order chi connectivity index (χ0) is 12.0. The number of nitrogens with zero attached hydrogens (tertiary/aromatic N) is 2. The van der Waals surface area contributed by atoms with E-state index in [1.54, 1.807) is 0 Å². The Kier molecular flexibility index (Phi) is 5.60. The van der Waals surface area contributed by atoms with Crippen LogP contribution in [0.1, 0.15) is 39.5 Å². The highest BCUT2D eigenvalue weighted by molar-refractivity contribution is 5.75. The van der Waals surface area contributed by atoms with Crippen molar-refractivity contribution in [2.75, 3.05) is 19.6 Å². The smallest absolute Gasteiger partial charge is 0.185 e. The van der Waals surface area contributed by atoms with Gasteiger partial charge in [-0.2, -0.15) is 0 Å². The van der Waals surface area contributed by atoms with Gasteiger partial charge >= 0.3 is 0 Å². The summed E-state index contributed by atoms with van der Waals surface area (Å²) in [6.07, 6.45) is 5.35. The Balaban J connectivity index is 2.56. The SMILES string of the molecule is CC(C)C(CN=C(N)N)N1CCCCCC1. The van der Waals surface area contributed by atoms with E-state index in [9.17, 15) is 0 Å². The summed E-state index contributed by atoms with van der Waals surface area (Å²) in [6.45, 7) is 7.63. The summed E-state index contributed by atoms with van der Waals surface area (Å²) in [5, 5.41) is 0. The molecule has 0 aromatic heterocycles. The van der Waals surface area contributed by atoms with Crippen LogP contribution in [0, 0.1) is 5.92 Å². The predicted molar refractivity (Wildman–Crippen MR) is 69.3 cm³/mol. The van der Waals surface area contributed by atoms with Crippen molar-refractivity contribution in [2.45, 2.75) is 45.6 Å². The first-order valence-electron chi connectivity index (χ1n) is 6.40. The fourth-order valence-corrected chi connectivity index (χ4v) is 2.37. The van der Waals surface area contributed by atoms with Crippen molar-refractivity contribution in [1.82, 2.24) is 4.90 Å². The molecule has 1 heterocycles. The highest BCUT2D eigenvalue weighted by atomic mass is 15.2. The second-order valence-electron chi connectivity index (χ2n) is 5.03. The number of aliphatic imine (C=N–C) groups is 1. The monoisotopic (exact) mass is 226 g/mol. The molecule has 0 bridgehead atoms. The Labute approximate surface area is 99.1 Å². The molecule has 1 unspecified atom stereocenters. The maximum atomic E-state index is 5.41. The molecule has 1 aliphatic rings. The van der Waals surface area contributed by atoms with Gasteiger partial charge in [0.25, 0.3) is 0 Å². The summed E-state index contributed by atoms with van der Waals surface area (Å²) in [4.78, 5) is 6.74. The van der Waals surface area contributed by atoms with Crippen LogP contribution in [0.15, 0.2) is 4.99 Å². The largest absolute Gasteiger partial charge is 0.370 e. The second kappa shape index (κ2) is 6.74. The first-order valence-corrected chi connectivity index (χ1v) is 6.40. The van der Waals surface area contributed by atoms with Gasteiger partial charge in [-0.3, -0.25) is 9.89 Å². The maximum Gasteiger partial charge on any atom is 0.185 e. The van der Waals surface area contributed by atoms with Gasteiger partial charge in [-0.25, -0.2) is 0 Å². The molecule has 0 aromatic carbocycles. The molecule has 0 spiro atoms. The summed E-state index contributed by atoms with van der Waals surface area (Å²) in [7, 11) is 0. The van der Waals surface area contributed by atoms with Gasteiger partial charge < -0.3 is 11.5 Å². The van der Waals surface area contributed by atoms with E-state index in [1.807, 2.05) is 0 Å². The van der Waals surface area contributed by atoms with Crippen molar-refractivity contribution >= 4 is 5.96 Å². The number of likely N-dealkylation sites (tertiary alicyclic amines) is 1. The third kappa shape index (κ3) is 4.39. The lowest BCUT2D eigenvalue weighted by atomic mass is 10.0. The van der Waals surface area contributed by atoms with Gasteiger partial charge in [0.1, 0.15) is 0 Å². The zero-order valence-electron chi connectivity index (χ0n) is 10.7. The average molecular weight is 226 g/mol.